The first kappa shape index (κ1) is 11.5. The van der Waals surface area contributed by atoms with Crippen molar-refractivity contribution >= 4 is 11.6 Å². The predicted octanol–water partition coefficient (Wildman–Crippen LogP) is 2.50. The van der Waals surface area contributed by atoms with Gasteiger partial charge in [0.05, 0.1) is 7.11 Å². The fraction of sp³-hybridized carbons (Fsp3) is 0.455. The summed E-state index contributed by atoms with van der Waals surface area (Å²) in [6.45, 7) is 4.23. The maximum Gasteiger partial charge on any atom is 0.246 e. The molecule has 0 bridgehead atoms. The molecule has 1 aliphatic rings. The third-order valence-electron chi connectivity index (χ3n) is 2.23. The van der Waals surface area contributed by atoms with Crippen LogP contribution in [0.3, 0.4) is 0 Å². The van der Waals surface area contributed by atoms with Gasteiger partial charge in [0, 0.05) is 31.5 Å². The smallest absolute Gasteiger partial charge is 0.246 e. The zero-order valence-electron chi connectivity index (χ0n) is 9.46. The van der Waals surface area contributed by atoms with Crippen molar-refractivity contribution < 1.29 is 14.3 Å². The third kappa shape index (κ3) is 2.24. The summed E-state index contributed by atoms with van der Waals surface area (Å²) >= 11 is 6.11. The minimum absolute atomic E-state index is 0.520. The molecular formula is C11H14ClNO3. The van der Waals surface area contributed by atoms with Gasteiger partial charge in [-0.2, -0.15) is 5.48 Å². The topological polar surface area (TPSA) is 39.7 Å². The first-order valence-corrected chi connectivity index (χ1v) is 5.36. The maximum atomic E-state index is 6.11. The molecule has 1 aliphatic heterocycles. The number of hydrogen-bond donors (Lipinski definition) is 1. The largest absolute Gasteiger partial charge is 0.449 e. The van der Waals surface area contributed by atoms with Crippen LogP contribution in [0, 0.1) is 0 Å². The summed E-state index contributed by atoms with van der Waals surface area (Å²) < 4.78 is 11.2. The zero-order chi connectivity index (χ0) is 11.8. The molecule has 0 fully saturated rings. The lowest BCUT2D eigenvalue weighted by Crippen LogP contribution is -2.29. The van der Waals surface area contributed by atoms with E-state index < -0.39 is 5.79 Å². The molecule has 0 amide bonds. The third-order valence-corrected chi connectivity index (χ3v) is 2.58. The number of nitrogens with one attached hydrogen (secondary N) is 1. The fourth-order valence-electron chi connectivity index (χ4n) is 1.57. The second-order valence-electron chi connectivity index (χ2n) is 4.02. The molecule has 0 unspecified atom stereocenters. The number of hydroxylamine groups is 1. The predicted molar refractivity (Wildman–Crippen MR) is 60.6 cm³/mol. The van der Waals surface area contributed by atoms with Crippen LogP contribution in [-0.2, 0) is 11.4 Å². The summed E-state index contributed by atoms with van der Waals surface area (Å²) in [6.07, 6.45) is 0. The Balaban J connectivity index is 2.26. The van der Waals surface area contributed by atoms with Crippen LogP contribution in [0.15, 0.2) is 12.1 Å². The molecule has 5 heteroatoms. The number of ether oxygens (including phenoxy) is 2. The van der Waals surface area contributed by atoms with E-state index in [0.717, 1.165) is 5.56 Å². The van der Waals surface area contributed by atoms with Crippen molar-refractivity contribution in [3.05, 3.63) is 22.7 Å². The maximum absolute atomic E-state index is 6.11. The monoisotopic (exact) mass is 243 g/mol. The molecule has 1 aromatic rings. The van der Waals surface area contributed by atoms with E-state index in [4.69, 9.17) is 25.9 Å². The highest BCUT2D eigenvalue weighted by Crippen LogP contribution is 2.42. The summed E-state index contributed by atoms with van der Waals surface area (Å²) in [5.41, 5.74) is 3.64. The van der Waals surface area contributed by atoms with Gasteiger partial charge in [-0.15, -0.1) is 0 Å². The number of hydrogen-bond acceptors (Lipinski definition) is 4. The summed E-state index contributed by atoms with van der Waals surface area (Å²) in [6, 6.07) is 3.62. The van der Waals surface area contributed by atoms with Gasteiger partial charge in [0.1, 0.15) is 0 Å². The second-order valence-corrected chi connectivity index (χ2v) is 4.43. The van der Waals surface area contributed by atoms with E-state index in [-0.39, 0.29) is 0 Å². The fourth-order valence-corrected chi connectivity index (χ4v) is 1.79. The van der Waals surface area contributed by atoms with Crippen LogP contribution in [0.2, 0.25) is 5.02 Å². The number of rotatable bonds is 3. The van der Waals surface area contributed by atoms with E-state index in [2.05, 4.69) is 5.48 Å². The van der Waals surface area contributed by atoms with E-state index in [1.54, 1.807) is 13.2 Å². The van der Waals surface area contributed by atoms with Gasteiger partial charge in [-0.1, -0.05) is 11.6 Å². The molecule has 88 valence electrons. The second kappa shape index (κ2) is 4.13. The highest BCUT2D eigenvalue weighted by molar-refractivity contribution is 6.31. The highest BCUT2D eigenvalue weighted by Gasteiger charge is 2.32. The van der Waals surface area contributed by atoms with Crippen LogP contribution in [-0.4, -0.2) is 12.9 Å². The quantitative estimate of drug-likeness (QED) is 0.828. The van der Waals surface area contributed by atoms with Gasteiger partial charge < -0.3 is 14.3 Å². The normalized spacial score (nSPS) is 16.5. The van der Waals surface area contributed by atoms with Gasteiger partial charge in [-0.3, -0.25) is 0 Å². The molecule has 0 aliphatic carbocycles. The first-order chi connectivity index (χ1) is 7.52. The van der Waals surface area contributed by atoms with Crippen molar-refractivity contribution in [2.24, 2.45) is 0 Å². The summed E-state index contributed by atoms with van der Waals surface area (Å²) in [5, 5.41) is 0.629. The zero-order valence-corrected chi connectivity index (χ0v) is 10.2. The lowest BCUT2D eigenvalue weighted by atomic mass is 10.2. The molecule has 0 aromatic heterocycles. The van der Waals surface area contributed by atoms with Gasteiger partial charge in [0.25, 0.3) is 0 Å². The molecule has 0 saturated heterocycles. The summed E-state index contributed by atoms with van der Waals surface area (Å²) in [5.74, 6) is 0.761. The van der Waals surface area contributed by atoms with E-state index in [0.29, 0.717) is 23.1 Å². The van der Waals surface area contributed by atoms with Crippen LogP contribution in [0.1, 0.15) is 19.4 Å². The Bertz CT molecular complexity index is 406. The first-order valence-electron chi connectivity index (χ1n) is 4.98. The van der Waals surface area contributed by atoms with Gasteiger partial charge in [-0.25, -0.2) is 0 Å². The van der Waals surface area contributed by atoms with Gasteiger partial charge in [0.15, 0.2) is 11.5 Å². The van der Waals surface area contributed by atoms with E-state index in [9.17, 15) is 0 Å². The van der Waals surface area contributed by atoms with Crippen LogP contribution >= 0.6 is 11.6 Å². The minimum Gasteiger partial charge on any atom is -0.449 e. The van der Waals surface area contributed by atoms with Crippen LogP contribution in [0.25, 0.3) is 0 Å². The Labute approximate surface area is 99.4 Å². The van der Waals surface area contributed by atoms with E-state index >= 15 is 0 Å². The molecular weight excluding hydrogens is 230 g/mol. The van der Waals surface area contributed by atoms with Crippen molar-refractivity contribution in [1.29, 1.82) is 0 Å². The highest BCUT2D eigenvalue weighted by atomic mass is 35.5. The molecule has 1 heterocycles. The molecule has 16 heavy (non-hydrogen) atoms. The lowest BCUT2D eigenvalue weighted by molar-refractivity contribution is -0.0431. The van der Waals surface area contributed by atoms with E-state index in [1.807, 2.05) is 19.9 Å². The SMILES string of the molecule is CONCc1cc2c(cc1Cl)OC(C)(C)O2. The van der Waals surface area contributed by atoms with Crippen molar-refractivity contribution in [3.63, 3.8) is 0 Å². The van der Waals surface area contributed by atoms with Crippen molar-refractivity contribution in [2.45, 2.75) is 26.2 Å². The molecule has 2 rings (SSSR count). The Morgan fingerprint density at radius 2 is 1.94 bits per heavy atom. The minimum atomic E-state index is -0.626. The average Bonchev–Trinajstić information content (AvgIpc) is 2.47. The van der Waals surface area contributed by atoms with Crippen molar-refractivity contribution in [3.8, 4) is 11.5 Å². The Hall–Kier alpha value is -0.970. The Kier molecular flexibility index (Phi) is 2.97. The standard InChI is InChI=1S/C11H14ClNO3/c1-11(2)15-9-4-7(6-13-14-3)8(12)5-10(9)16-11/h4-5,13H,6H2,1-3H3. The number of fused-ring (bicyclic) bond motifs is 1. The Morgan fingerprint density at radius 1 is 1.31 bits per heavy atom. The average molecular weight is 244 g/mol. The van der Waals surface area contributed by atoms with Gasteiger partial charge >= 0.3 is 0 Å². The van der Waals surface area contributed by atoms with Crippen molar-refractivity contribution in [1.82, 2.24) is 5.48 Å². The molecule has 0 spiro atoms. The molecule has 4 nitrogen and oxygen atoms in total. The number of halogens is 1. The lowest BCUT2D eigenvalue weighted by Gasteiger charge is -2.16. The number of benzene rings is 1. The molecule has 1 aromatic carbocycles. The van der Waals surface area contributed by atoms with Gasteiger partial charge in [-0.05, 0) is 11.6 Å². The van der Waals surface area contributed by atoms with Crippen LogP contribution in [0.5, 0.6) is 11.5 Å². The van der Waals surface area contributed by atoms with Crippen LogP contribution < -0.4 is 15.0 Å². The van der Waals surface area contributed by atoms with Crippen LogP contribution in [0.4, 0.5) is 0 Å². The van der Waals surface area contributed by atoms with Crippen molar-refractivity contribution in [2.75, 3.05) is 7.11 Å². The molecule has 0 saturated carbocycles. The summed E-state index contributed by atoms with van der Waals surface area (Å²) in [4.78, 5) is 4.78. The summed E-state index contributed by atoms with van der Waals surface area (Å²) in [7, 11) is 1.56. The molecule has 0 atom stereocenters. The molecule has 0 radical (unpaired) electrons. The Morgan fingerprint density at radius 3 is 2.56 bits per heavy atom. The van der Waals surface area contributed by atoms with Gasteiger partial charge in [0.2, 0.25) is 5.79 Å². The molecule has 1 N–H and O–H groups in total. The van der Waals surface area contributed by atoms with E-state index in [1.165, 1.54) is 0 Å².